The van der Waals surface area contributed by atoms with Gasteiger partial charge in [-0.05, 0) is 37.2 Å². The van der Waals surface area contributed by atoms with E-state index in [1.807, 2.05) is 0 Å². The minimum atomic E-state index is -0.143. The molecule has 4 nitrogen and oxygen atoms in total. The Balaban J connectivity index is 2.98. The van der Waals surface area contributed by atoms with Gasteiger partial charge < -0.3 is 21.3 Å². The Morgan fingerprint density at radius 2 is 2.00 bits per heavy atom. The number of aryl methyl sites for hydroxylation is 1. The SMILES string of the molecule is C=CNc1cc(O)c(O)cc1CCCN. The largest absolute Gasteiger partial charge is 0.504 e. The highest BCUT2D eigenvalue weighted by Crippen LogP contribution is 2.32. The van der Waals surface area contributed by atoms with Crippen LogP contribution in [0.2, 0.25) is 0 Å². The van der Waals surface area contributed by atoms with Crippen LogP contribution in [0.1, 0.15) is 12.0 Å². The van der Waals surface area contributed by atoms with Gasteiger partial charge in [0.05, 0.1) is 0 Å². The molecule has 0 radical (unpaired) electrons. The first-order valence-corrected chi connectivity index (χ1v) is 4.81. The summed E-state index contributed by atoms with van der Waals surface area (Å²) in [5, 5.41) is 21.6. The normalized spacial score (nSPS) is 9.93. The zero-order valence-electron chi connectivity index (χ0n) is 8.53. The number of phenolic OH excluding ortho intramolecular Hbond substituents is 2. The summed E-state index contributed by atoms with van der Waals surface area (Å²) in [7, 11) is 0. The molecule has 5 N–H and O–H groups in total. The maximum Gasteiger partial charge on any atom is 0.159 e. The van der Waals surface area contributed by atoms with Gasteiger partial charge in [0.15, 0.2) is 11.5 Å². The van der Waals surface area contributed by atoms with Gasteiger partial charge in [-0.15, -0.1) is 0 Å². The minimum Gasteiger partial charge on any atom is -0.504 e. The molecule has 0 saturated heterocycles. The lowest BCUT2D eigenvalue weighted by Gasteiger charge is -2.10. The molecule has 0 bridgehead atoms. The van der Waals surface area contributed by atoms with E-state index in [0.29, 0.717) is 6.54 Å². The van der Waals surface area contributed by atoms with E-state index >= 15 is 0 Å². The van der Waals surface area contributed by atoms with Gasteiger partial charge in [-0.25, -0.2) is 0 Å². The van der Waals surface area contributed by atoms with Crippen LogP contribution in [-0.2, 0) is 6.42 Å². The number of anilines is 1. The third-order valence-corrected chi connectivity index (χ3v) is 2.11. The monoisotopic (exact) mass is 208 g/mol. The standard InChI is InChI=1S/C11H16N2O2/c1-2-13-9-7-11(15)10(14)6-8(9)4-3-5-12/h2,6-7,13-15H,1,3-5,12H2. The van der Waals surface area contributed by atoms with Crippen molar-refractivity contribution in [2.45, 2.75) is 12.8 Å². The molecule has 0 fully saturated rings. The van der Waals surface area contributed by atoms with Crippen molar-refractivity contribution in [3.63, 3.8) is 0 Å². The lowest BCUT2D eigenvalue weighted by atomic mass is 10.1. The maximum absolute atomic E-state index is 9.36. The lowest BCUT2D eigenvalue weighted by Crippen LogP contribution is -2.02. The predicted molar refractivity (Wildman–Crippen MR) is 61.0 cm³/mol. The molecule has 0 saturated carbocycles. The molecular weight excluding hydrogens is 192 g/mol. The first-order valence-electron chi connectivity index (χ1n) is 4.81. The smallest absolute Gasteiger partial charge is 0.159 e. The van der Waals surface area contributed by atoms with Crippen molar-refractivity contribution in [3.8, 4) is 11.5 Å². The van der Waals surface area contributed by atoms with Crippen LogP contribution in [-0.4, -0.2) is 16.8 Å². The summed E-state index contributed by atoms with van der Waals surface area (Å²) in [6, 6.07) is 3.01. The van der Waals surface area contributed by atoms with Crippen LogP contribution in [0.3, 0.4) is 0 Å². The molecule has 1 rings (SSSR count). The number of nitrogens with one attached hydrogen (secondary N) is 1. The van der Waals surface area contributed by atoms with Gasteiger partial charge in [0, 0.05) is 11.8 Å². The number of hydrogen-bond acceptors (Lipinski definition) is 4. The maximum atomic E-state index is 9.36. The molecule has 0 aliphatic heterocycles. The Morgan fingerprint density at radius 1 is 1.33 bits per heavy atom. The number of rotatable bonds is 5. The van der Waals surface area contributed by atoms with E-state index in [0.717, 1.165) is 24.1 Å². The highest BCUT2D eigenvalue weighted by atomic mass is 16.3. The van der Waals surface area contributed by atoms with Crippen molar-refractivity contribution >= 4 is 5.69 Å². The molecule has 15 heavy (non-hydrogen) atoms. The van der Waals surface area contributed by atoms with E-state index in [9.17, 15) is 10.2 Å². The average Bonchev–Trinajstić information content (AvgIpc) is 2.21. The Morgan fingerprint density at radius 3 is 2.60 bits per heavy atom. The molecule has 4 heteroatoms. The van der Waals surface area contributed by atoms with Gasteiger partial charge in [0.2, 0.25) is 0 Å². The third-order valence-electron chi connectivity index (χ3n) is 2.11. The van der Waals surface area contributed by atoms with Gasteiger partial charge >= 0.3 is 0 Å². The number of benzene rings is 1. The Bertz CT molecular complexity index is 351. The van der Waals surface area contributed by atoms with E-state index in [-0.39, 0.29) is 11.5 Å². The van der Waals surface area contributed by atoms with Gasteiger partial charge in [-0.3, -0.25) is 0 Å². The number of hydrogen-bond donors (Lipinski definition) is 4. The summed E-state index contributed by atoms with van der Waals surface area (Å²) < 4.78 is 0. The first kappa shape index (κ1) is 11.4. The second-order valence-electron chi connectivity index (χ2n) is 3.24. The fraction of sp³-hybridized carbons (Fsp3) is 0.273. The Labute approximate surface area is 89.0 Å². The zero-order chi connectivity index (χ0) is 11.3. The Kier molecular flexibility index (Phi) is 4.00. The molecule has 0 spiro atoms. The van der Waals surface area contributed by atoms with Gasteiger partial charge in [-0.1, -0.05) is 6.58 Å². The molecule has 82 valence electrons. The first-order chi connectivity index (χ1) is 7.19. The van der Waals surface area contributed by atoms with Crippen LogP contribution in [0, 0.1) is 0 Å². The number of aromatic hydroxyl groups is 2. The van der Waals surface area contributed by atoms with Gasteiger partial charge in [0.25, 0.3) is 0 Å². The third kappa shape index (κ3) is 2.89. The fourth-order valence-electron chi connectivity index (χ4n) is 1.36. The quantitative estimate of drug-likeness (QED) is 0.437. The van der Waals surface area contributed by atoms with Crippen molar-refractivity contribution in [1.29, 1.82) is 0 Å². The lowest BCUT2D eigenvalue weighted by molar-refractivity contribution is 0.403. The molecule has 0 atom stereocenters. The van der Waals surface area contributed by atoms with Crippen molar-refractivity contribution < 1.29 is 10.2 Å². The molecule has 0 unspecified atom stereocenters. The Hall–Kier alpha value is -1.68. The topological polar surface area (TPSA) is 78.5 Å². The average molecular weight is 208 g/mol. The van der Waals surface area contributed by atoms with E-state index in [4.69, 9.17) is 5.73 Å². The summed E-state index contributed by atoms with van der Waals surface area (Å²) in [5.74, 6) is -0.257. The summed E-state index contributed by atoms with van der Waals surface area (Å²) in [6.45, 7) is 4.14. The zero-order valence-corrected chi connectivity index (χ0v) is 8.53. The molecule has 1 aromatic rings. The number of phenols is 2. The van der Waals surface area contributed by atoms with Crippen molar-refractivity contribution in [3.05, 3.63) is 30.5 Å². The van der Waals surface area contributed by atoms with Crippen LogP contribution < -0.4 is 11.1 Å². The second-order valence-corrected chi connectivity index (χ2v) is 3.24. The summed E-state index contributed by atoms with van der Waals surface area (Å²) in [4.78, 5) is 0. The highest BCUT2D eigenvalue weighted by molar-refractivity contribution is 5.60. The molecule has 0 aliphatic rings. The van der Waals surface area contributed by atoms with Crippen LogP contribution in [0.4, 0.5) is 5.69 Å². The predicted octanol–water partition coefficient (Wildman–Crippen LogP) is 1.54. The number of nitrogens with two attached hydrogens (primary N) is 1. The minimum absolute atomic E-state index is 0.114. The van der Waals surface area contributed by atoms with Crippen LogP contribution in [0.15, 0.2) is 24.9 Å². The van der Waals surface area contributed by atoms with E-state index in [1.54, 1.807) is 0 Å². The molecule has 0 aromatic heterocycles. The van der Waals surface area contributed by atoms with E-state index < -0.39 is 0 Å². The molecular formula is C11H16N2O2. The summed E-state index contributed by atoms with van der Waals surface area (Å²) >= 11 is 0. The summed E-state index contributed by atoms with van der Waals surface area (Å²) in [6.07, 6.45) is 3.11. The molecule has 0 heterocycles. The van der Waals surface area contributed by atoms with Crippen molar-refractivity contribution in [2.75, 3.05) is 11.9 Å². The second kappa shape index (κ2) is 5.26. The van der Waals surface area contributed by atoms with E-state index in [1.165, 1.54) is 18.3 Å². The molecule has 0 amide bonds. The highest BCUT2D eigenvalue weighted by Gasteiger charge is 2.07. The van der Waals surface area contributed by atoms with Crippen LogP contribution in [0.5, 0.6) is 11.5 Å². The molecule has 0 aliphatic carbocycles. The van der Waals surface area contributed by atoms with E-state index in [2.05, 4.69) is 11.9 Å². The van der Waals surface area contributed by atoms with Crippen molar-refractivity contribution in [1.82, 2.24) is 0 Å². The van der Waals surface area contributed by atoms with Crippen molar-refractivity contribution in [2.24, 2.45) is 5.73 Å². The fourth-order valence-corrected chi connectivity index (χ4v) is 1.36. The van der Waals surface area contributed by atoms with Gasteiger partial charge in [-0.2, -0.15) is 0 Å². The van der Waals surface area contributed by atoms with Crippen LogP contribution >= 0.6 is 0 Å². The van der Waals surface area contributed by atoms with Gasteiger partial charge in [0.1, 0.15) is 0 Å². The summed E-state index contributed by atoms with van der Waals surface area (Å²) in [5.41, 5.74) is 7.07. The molecule has 1 aromatic carbocycles. The van der Waals surface area contributed by atoms with Crippen LogP contribution in [0.25, 0.3) is 0 Å².